The first-order valence-corrected chi connectivity index (χ1v) is 4.28. The minimum atomic E-state index is -1.80. The molecule has 0 saturated carbocycles. The molecular weight excluding hydrogens is 164 g/mol. The molecule has 1 heterocycles. The van der Waals surface area contributed by atoms with Crippen LogP contribution in [0.4, 0.5) is 5.69 Å². The van der Waals surface area contributed by atoms with Crippen LogP contribution in [-0.2, 0) is 11.1 Å². The summed E-state index contributed by atoms with van der Waals surface area (Å²) in [6, 6.07) is 3.46. The van der Waals surface area contributed by atoms with Crippen molar-refractivity contribution in [3.05, 3.63) is 24.5 Å². The van der Waals surface area contributed by atoms with E-state index in [9.17, 15) is 4.21 Å². The number of hydrogen-bond acceptors (Lipinski definition) is 3. The van der Waals surface area contributed by atoms with Crippen LogP contribution in [0.2, 0.25) is 0 Å². The molecule has 0 bridgehead atoms. The van der Waals surface area contributed by atoms with Crippen LogP contribution in [0.15, 0.2) is 24.5 Å². The fourth-order valence-electron chi connectivity index (χ4n) is 0.615. The first-order valence-electron chi connectivity index (χ1n) is 3.00. The molecule has 0 aliphatic heterocycles. The lowest BCUT2D eigenvalue weighted by Gasteiger charge is -2.00. The summed E-state index contributed by atoms with van der Waals surface area (Å²) in [5, 5.41) is 2.75. The van der Waals surface area contributed by atoms with Crippen LogP contribution in [0.5, 0.6) is 0 Å². The minimum absolute atomic E-state index is 0.0456. The molecule has 0 fully saturated rings. The highest BCUT2D eigenvalue weighted by Gasteiger charge is 1.91. The smallest absolute Gasteiger partial charge is 0.172 e. The summed E-state index contributed by atoms with van der Waals surface area (Å²) < 4.78 is 18.6. The van der Waals surface area contributed by atoms with Crippen molar-refractivity contribution in [1.82, 2.24) is 4.98 Å². The van der Waals surface area contributed by atoms with E-state index in [0.717, 1.165) is 5.69 Å². The molecule has 0 spiro atoms. The molecule has 1 rings (SSSR count). The van der Waals surface area contributed by atoms with Gasteiger partial charge in [0.05, 0.1) is 0 Å². The SMILES string of the molecule is O=S(O)CNc1ccncc1. The van der Waals surface area contributed by atoms with Gasteiger partial charge in [-0.15, -0.1) is 0 Å². The third-order valence-electron chi connectivity index (χ3n) is 1.08. The molecule has 0 saturated heterocycles. The summed E-state index contributed by atoms with van der Waals surface area (Å²) in [7, 11) is 0. The zero-order valence-corrected chi connectivity index (χ0v) is 6.54. The number of rotatable bonds is 3. The second-order valence-electron chi connectivity index (χ2n) is 1.88. The molecule has 4 nitrogen and oxygen atoms in total. The molecular formula is C6H8N2O2S. The third kappa shape index (κ3) is 3.10. The fourth-order valence-corrected chi connectivity index (χ4v) is 0.905. The van der Waals surface area contributed by atoms with Gasteiger partial charge in [0.15, 0.2) is 11.1 Å². The van der Waals surface area contributed by atoms with Crippen LogP contribution in [0, 0.1) is 0 Å². The monoisotopic (exact) mass is 172 g/mol. The summed E-state index contributed by atoms with van der Waals surface area (Å²) in [6.07, 6.45) is 3.23. The van der Waals surface area contributed by atoms with Crippen molar-refractivity contribution in [2.75, 3.05) is 11.2 Å². The second-order valence-corrected chi connectivity index (χ2v) is 2.81. The Morgan fingerprint density at radius 3 is 2.73 bits per heavy atom. The van der Waals surface area contributed by atoms with E-state index in [1.807, 2.05) is 0 Å². The van der Waals surface area contributed by atoms with Crippen molar-refractivity contribution in [3.63, 3.8) is 0 Å². The van der Waals surface area contributed by atoms with Crippen molar-refractivity contribution < 1.29 is 8.76 Å². The van der Waals surface area contributed by atoms with Gasteiger partial charge in [-0.2, -0.15) is 0 Å². The average molecular weight is 172 g/mol. The molecule has 11 heavy (non-hydrogen) atoms. The zero-order valence-electron chi connectivity index (χ0n) is 5.73. The maximum Gasteiger partial charge on any atom is 0.172 e. The highest BCUT2D eigenvalue weighted by Crippen LogP contribution is 2.01. The molecule has 60 valence electrons. The highest BCUT2D eigenvalue weighted by molar-refractivity contribution is 7.79. The number of anilines is 1. The van der Waals surface area contributed by atoms with Crippen LogP contribution in [0.25, 0.3) is 0 Å². The average Bonchev–Trinajstić information content (AvgIpc) is 2.03. The van der Waals surface area contributed by atoms with E-state index in [4.69, 9.17) is 4.55 Å². The molecule has 0 aliphatic rings. The quantitative estimate of drug-likeness (QED) is 0.658. The van der Waals surface area contributed by atoms with Crippen LogP contribution in [0.1, 0.15) is 0 Å². The Morgan fingerprint density at radius 1 is 1.55 bits per heavy atom. The number of hydrogen-bond donors (Lipinski definition) is 2. The molecule has 0 amide bonds. The summed E-state index contributed by atoms with van der Waals surface area (Å²) >= 11 is -1.80. The van der Waals surface area contributed by atoms with Crippen molar-refractivity contribution in [1.29, 1.82) is 0 Å². The molecule has 0 aliphatic carbocycles. The van der Waals surface area contributed by atoms with E-state index in [-0.39, 0.29) is 5.88 Å². The predicted octanol–water partition coefficient (Wildman–Crippen LogP) is 0.673. The van der Waals surface area contributed by atoms with Crippen molar-refractivity contribution in [3.8, 4) is 0 Å². The predicted molar refractivity (Wildman–Crippen MR) is 43.5 cm³/mol. The molecule has 0 aromatic carbocycles. The highest BCUT2D eigenvalue weighted by atomic mass is 32.2. The first kappa shape index (κ1) is 8.16. The van der Waals surface area contributed by atoms with Crippen molar-refractivity contribution in [2.45, 2.75) is 0 Å². The van der Waals surface area contributed by atoms with Gasteiger partial charge in [0.2, 0.25) is 0 Å². The maximum absolute atomic E-state index is 10.2. The molecule has 1 aromatic heterocycles. The Hall–Kier alpha value is -0.940. The Balaban J connectivity index is 2.45. The lowest BCUT2D eigenvalue weighted by Crippen LogP contribution is -2.06. The van der Waals surface area contributed by atoms with E-state index in [0.29, 0.717) is 0 Å². The van der Waals surface area contributed by atoms with Crippen LogP contribution in [0.3, 0.4) is 0 Å². The van der Waals surface area contributed by atoms with E-state index in [2.05, 4.69) is 10.3 Å². The number of aromatic nitrogens is 1. The van der Waals surface area contributed by atoms with Crippen molar-refractivity contribution in [2.24, 2.45) is 0 Å². The van der Waals surface area contributed by atoms with E-state index in [1.165, 1.54) is 0 Å². The zero-order chi connectivity index (χ0) is 8.10. The standard InChI is InChI=1S/C6H8N2O2S/c9-11(10)5-8-6-1-3-7-4-2-6/h1-4H,5H2,(H,7,8)(H,9,10). The number of nitrogens with one attached hydrogen (secondary N) is 1. The Bertz CT molecular complexity index is 240. The topological polar surface area (TPSA) is 62.2 Å². The molecule has 1 aromatic rings. The number of pyridine rings is 1. The van der Waals surface area contributed by atoms with Gasteiger partial charge < -0.3 is 9.87 Å². The lowest BCUT2D eigenvalue weighted by molar-refractivity contribution is 0.566. The van der Waals surface area contributed by atoms with E-state index < -0.39 is 11.1 Å². The van der Waals surface area contributed by atoms with Gasteiger partial charge in [0.1, 0.15) is 5.88 Å². The molecule has 0 radical (unpaired) electrons. The maximum atomic E-state index is 10.2. The second kappa shape index (κ2) is 4.05. The van der Waals surface area contributed by atoms with Gasteiger partial charge in [-0.25, -0.2) is 4.21 Å². The normalized spacial score (nSPS) is 12.5. The van der Waals surface area contributed by atoms with Crippen LogP contribution >= 0.6 is 0 Å². The van der Waals surface area contributed by atoms with Gasteiger partial charge in [0.25, 0.3) is 0 Å². The van der Waals surface area contributed by atoms with Gasteiger partial charge in [-0.05, 0) is 12.1 Å². The van der Waals surface area contributed by atoms with Gasteiger partial charge >= 0.3 is 0 Å². The summed E-state index contributed by atoms with van der Waals surface area (Å²) in [5.41, 5.74) is 0.794. The summed E-state index contributed by atoms with van der Waals surface area (Å²) in [6.45, 7) is 0. The largest absolute Gasteiger partial charge is 0.372 e. The van der Waals surface area contributed by atoms with Gasteiger partial charge in [-0.1, -0.05) is 0 Å². The summed E-state index contributed by atoms with van der Waals surface area (Å²) in [4.78, 5) is 3.79. The van der Waals surface area contributed by atoms with E-state index in [1.54, 1.807) is 24.5 Å². The molecule has 1 atom stereocenters. The Morgan fingerprint density at radius 2 is 2.18 bits per heavy atom. The fraction of sp³-hybridized carbons (Fsp3) is 0.167. The van der Waals surface area contributed by atoms with E-state index >= 15 is 0 Å². The minimum Gasteiger partial charge on any atom is -0.372 e. The Kier molecular flexibility index (Phi) is 3.00. The van der Waals surface area contributed by atoms with Gasteiger partial charge in [0, 0.05) is 18.1 Å². The Labute approximate surface area is 66.9 Å². The molecule has 2 N–H and O–H groups in total. The number of nitrogens with zero attached hydrogens (tertiary/aromatic N) is 1. The van der Waals surface area contributed by atoms with Crippen LogP contribution < -0.4 is 5.32 Å². The molecule has 1 unspecified atom stereocenters. The molecule has 5 heteroatoms. The summed E-state index contributed by atoms with van der Waals surface area (Å²) in [5.74, 6) is 0.0456. The van der Waals surface area contributed by atoms with Gasteiger partial charge in [-0.3, -0.25) is 4.98 Å². The van der Waals surface area contributed by atoms with Crippen LogP contribution in [-0.4, -0.2) is 19.6 Å². The lowest BCUT2D eigenvalue weighted by atomic mass is 10.4. The first-order chi connectivity index (χ1) is 5.29. The van der Waals surface area contributed by atoms with Crippen molar-refractivity contribution >= 4 is 16.8 Å². The third-order valence-corrected chi connectivity index (χ3v) is 1.47.